The first-order valence-electron chi connectivity index (χ1n) is 7.08. The fraction of sp³-hybridized carbons (Fsp3) is 0.125. The van der Waals surface area contributed by atoms with Gasteiger partial charge in [0.2, 0.25) is 0 Å². The first-order chi connectivity index (χ1) is 11.7. The number of amides is 1. The first kappa shape index (κ1) is 18.4. The minimum atomic E-state index is -3.89. The van der Waals surface area contributed by atoms with Crippen LogP contribution in [0.1, 0.15) is 17.3 Å². The summed E-state index contributed by atoms with van der Waals surface area (Å²) in [4.78, 5) is 22.6. The van der Waals surface area contributed by atoms with E-state index in [4.69, 9.17) is 10.5 Å². The molecule has 2 aromatic carbocycles. The van der Waals surface area contributed by atoms with Crippen molar-refractivity contribution < 1.29 is 27.1 Å². The Morgan fingerprint density at radius 2 is 1.64 bits per heavy atom. The van der Waals surface area contributed by atoms with Crippen molar-refractivity contribution >= 4 is 27.6 Å². The highest BCUT2D eigenvalue weighted by molar-refractivity contribution is 7.92. The number of benzene rings is 2. The van der Waals surface area contributed by atoms with Crippen LogP contribution in [0.25, 0.3) is 0 Å². The van der Waals surface area contributed by atoms with Crippen LogP contribution in [0, 0.1) is 5.82 Å². The summed E-state index contributed by atoms with van der Waals surface area (Å²) in [6.07, 6.45) is -1.08. The van der Waals surface area contributed by atoms with Crippen molar-refractivity contribution in [2.75, 3.05) is 4.72 Å². The van der Waals surface area contributed by atoms with E-state index in [0.29, 0.717) is 0 Å². The minimum Gasteiger partial charge on any atom is -0.449 e. The number of ether oxygens (including phenoxy) is 1. The molecule has 2 aromatic rings. The number of anilines is 1. The third kappa shape index (κ3) is 4.77. The molecule has 0 aliphatic rings. The molecule has 132 valence electrons. The summed E-state index contributed by atoms with van der Waals surface area (Å²) in [6, 6.07) is 9.71. The summed E-state index contributed by atoms with van der Waals surface area (Å²) in [5, 5.41) is 0. The summed E-state index contributed by atoms with van der Waals surface area (Å²) < 4.78 is 44.4. The monoisotopic (exact) mass is 366 g/mol. The summed E-state index contributed by atoms with van der Waals surface area (Å²) in [5.74, 6) is -2.09. The molecule has 3 N–H and O–H groups in total. The second-order valence-corrected chi connectivity index (χ2v) is 6.77. The molecule has 0 aliphatic heterocycles. The third-order valence-electron chi connectivity index (χ3n) is 3.18. The Kier molecular flexibility index (Phi) is 5.38. The summed E-state index contributed by atoms with van der Waals surface area (Å²) in [6.45, 7) is 1.34. The lowest BCUT2D eigenvalue weighted by atomic mass is 10.2. The van der Waals surface area contributed by atoms with Crippen molar-refractivity contribution in [3.8, 4) is 0 Å². The van der Waals surface area contributed by atoms with Gasteiger partial charge in [0.25, 0.3) is 15.9 Å². The zero-order chi connectivity index (χ0) is 18.6. The quantitative estimate of drug-likeness (QED) is 0.754. The molecule has 0 spiro atoms. The van der Waals surface area contributed by atoms with E-state index in [0.717, 1.165) is 24.3 Å². The zero-order valence-corrected chi connectivity index (χ0v) is 13.9. The van der Waals surface area contributed by atoms with E-state index in [9.17, 15) is 22.4 Å². The van der Waals surface area contributed by atoms with Crippen molar-refractivity contribution in [2.24, 2.45) is 5.73 Å². The van der Waals surface area contributed by atoms with Crippen molar-refractivity contribution in [2.45, 2.75) is 17.9 Å². The molecule has 0 aromatic heterocycles. The number of primary amides is 1. The highest BCUT2D eigenvalue weighted by atomic mass is 32.2. The van der Waals surface area contributed by atoms with Crippen LogP contribution >= 0.6 is 0 Å². The number of halogens is 1. The van der Waals surface area contributed by atoms with Gasteiger partial charge >= 0.3 is 5.97 Å². The third-order valence-corrected chi connectivity index (χ3v) is 4.58. The van der Waals surface area contributed by atoms with Gasteiger partial charge in [-0.1, -0.05) is 0 Å². The maximum atomic E-state index is 12.9. The summed E-state index contributed by atoms with van der Waals surface area (Å²) in [5.41, 5.74) is 5.33. The van der Waals surface area contributed by atoms with E-state index in [2.05, 4.69) is 4.72 Å². The van der Waals surface area contributed by atoms with E-state index in [-0.39, 0.29) is 16.1 Å². The van der Waals surface area contributed by atoms with E-state index in [1.165, 1.54) is 31.2 Å². The Balaban J connectivity index is 2.11. The van der Waals surface area contributed by atoms with Gasteiger partial charge in [0.1, 0.15) is 5.82 Å². The van der Waals surface area contributed by atoms with Gasteiger partial charge in [0.05, 0.1) is 10.5 Å². The van der Waals surface area contributed by atoms with Crippen LogP contribution in [0.5, 0.6) is 0 Å². The maximum absolute atomic E-state index is 12.9. The van der Waals surface area contributed by atoms with Gasteiger partial charge in [-0.15, -0.1) is 0 Å². The Hall–Kier alpha value is -2.94. The molecule has 2 rings (SSSR count). The van der Waals surface area contributed by atoms with Gasteiger partial charge in [-0.3, -0.25) is 9.52 Å². The van der Waals surface area contributed by atoms with Crippen LogP contribution in [0.15, 0.2) is 53.4 Å². The topological polar surface area (TPSA) is 116 Å². The number of carbonyl (C=O) groups is 2. The smallest absolute Gasteiger partial charge is 0.338 e. The Morgan fingerprint density at radius 1 is 1.08 bits per heavy atom. The van der Waals surface area contributed by atoms with Crippen LogP contribution < -0.4 is 10.5 Å². The van der Waals surface area contributed by atoms with Gasteiger partial charge < -0.3 is 10.5 Å². The minimum absolute atomic E-state index is 0.104. The van der Waals surface area contributed by atoms with Gasteiger partial charge in [-0.05, 0) is 55.5 Å². The Labute approximate surface area is 143 Å². The largest absolute Gasteiger partial charge is 0.449 e. The molecular weight excluding hydrogens is 351 g/mol. The van der Waals surface area contributed by atoms with Crippen molar-refractivity contribution in [3.05, 3.63) is 59.9 Å². The highest BCUT2D eigenvalue weighted by Crippen LogP contribution is 2.17. The lowest BCUT2D eigenvalue weighted by Gasteiger charge is -2.11. The average Bonchev–Trinajstić information content (AvgIpc) is 2.55. The van der Waals surface area contributed by atoms with Crippen molar-refractivity contribution in [1.82, 2.24) is 0 Å². The molecule has 0 saturated carbocycles. The lowest BCUT2D eigenvalue weighted by molar-refractivity contribution is -0.125. The second kappa shape index (κ2) is 7.31. The number of esters is 1. The van der Waals surface area contributed by atoms with Gasteiger partial charge in [-0.2, -0.15) is 0 Å². The molecule has 0 radical (unpaired) electrons. The number of hydrogen-bond donors (Lipinski definition) is 2. The van der Waals surface area contributed by atoms with Gasteiger partial charge in [0, 0.05) is 5.69 Å². The Morgan fingerprint density at radius 3 is 2.16 bits per heavy atom. The van der Waals surface area contributed by atoms with Gasteiger partial charge in [0.15, 0.2) is 6.10 Å². The van der Waals surface area contributed by atoms with Crippen LogP contribution in [0.4, 0.5) is 10.1 Å². The number of nitrogens with two attached hydrogens (primary N) is 1. The molecule has 1 atom stereocenters. The number of sulfonamides is 1. The molecular formula is C16H15FN2O5S. The van der Waals surface area contributed by atoms with E-state index < -0.39 is 33.8 Å². The summed E-state index contributed by atoms with van der Waals surface area (Å²) >= 11 is 0. The average molecular weight is 366 g/mol. The molecule has 0 fully saturated rings. The van der Waals surface area contributed by atoms with E-state index in [1.807, 2.05) is 0 Å². The standard InChI is InChI=1S/C16H15FN2O5S/c1-10(15(18)20)24-16(21)11-2-6-13(7-3-11)19-25(22,23)14-8-4-12(17)5-9-14/h2-10,19H,1H3,(H2,18,20)/t10-/m1/s1. The molecule has 0 saturated heterocycles. The fourth-order valence-corrected chi connectivity index (χ4v) is 2.85. The fourth-order valence-electron chi connectivity index (χ4n) is 1.79. The predicted molar refractivity (Wildman–Crippen MR) is 87.7 cm³/mol. The second-order valence-electron chi connectivity index (χ2n) is 5.09. The van der Waals surface area contributed by atoms with Crippen LogP contribution in [0.3, 0.4) is 0 Å². The maximum Gasteiger partial charge on any atom is 0.338 e. The first-order valence-corrected chi connectivity index (χ1v) is 8.56. The molecule has 1 amide bonds. The molecule has 7 nitrogen and oxygen atoms in total. The summed E-state index contributed by atoms with van der Waals surface area (Å²) in [7, 11) is -3.89. The van der Waals surface area contributed by atoms with Gasteiger partial charge in [-0.25, -0.2) is 17.6 Å². The molecule has 25 heavy (non-hydrogen) atoms. The molecule has 0 aliphatic carbocycles. The zero-order valence-electron chi connectivity index (χ0n) is 13.1. The van der Waals surface area contributed by atoms with Crippen LogP contribution in [-0.2, 0) is 19.6 Å². The lowest BCUT2D eigenvalue weighted by Crippen LogP contribution is -2.30. The molecule has 0 unspecified atom stereocenters. The van der Waals surface area contributed by atoms with Crippen molar-refractivity contribution in [1.29, 1.82) is 0 Å². The number of nitrogens with one attached hydrogen (secondary N) is 1. The SMILES string of the molecule is C[C@@H](OC(=O)c1ccc(NS(=O)(=O)c2ccc(F)cc2)cc1)C(N)=O. The van der Waals surface area contributed by atoms with Crippen LogP contribution in [0.2, 0.25) is 0 Å². The Bertz CT molecular complexity index is 880. The molecule has 9 heteroatoms. The molecule has 0 bridgehead atoms. The van der Waals surface area contributed by atoms with E-state index in [1.54, 1.807) is 0 Å². The predicted octanol–water partition coefficient (Wildman–Crippen LogP) is 1.66. The number of rotatable bonds is 6. The molecule has 0 heterocycles. The van der Waals surface area contributed by atoms with E-state index >= 15 is 0 Å². The van der Waals surface area contributed by atoms with Crippen LogP contribution in [-0.4, -0.2) is 26.4 Å². The highest BCUT2D eigenvalue weighted by Gasteiger charge is 2.17. The number of hydrogen-bond acceptors (Lipinski definition) is 5. The normalized spacial score (nSPS) is 12.2. The van der Waals surface area contributed by atoms with Crippen molar-refractivity contribution in [3.63, 3.8) is 0 Å². The number of carbonyl (C=O) groups excluding carboxylic acids is 2.